The van der Waals surface area contributed by atoms with Gasteiger partial charge < -0.3 is 4.74 Å². The summed E-state index contributed by atoms with van der Waals surface area (Å²) in [6, 6.07) is 13.0. The number of hydrazine groups is 1. The summed E-state index contributed by atoms with van der Waals surface area (Å²) >= 11 is 4.91. The van der Waals surface area contributed by atoms with Gasteiger partial charge in [0, 0.05) is 18.2 Å². The van der Waals surface area contributed by atoms with E-state index in [1.807, 2.05) is 19.1 Å². The fraction of sp³-hybridized carbons (Fsp3) is 0.105. The minimum atomic E-state index is -0.570. The highest BCUT2D eigenvalue weighted by molar-refractivity contribution is 7.80. The first-order chi connectivity index (χ1) is 13.8. The van der Waals surface area contributed by atoms with E-state index in [4.69, 9.17) is 17.0 Å². The van der Waals surface area contributed by atoms with Crippen molar-refractivity contribution in [3.63, 3.8) is 0 Å². The van der Waals surface area contributed by atoms with Crippen LogP contribution in [0.15, 0.2) is 54.6 Å². The Morgan fingerprint density at radius 2 is 1.93 bits per heavy atom. The lowest BCUT2D eigenvalue weighted by Gasteiger charge is -2.10. The predicted molar refractivity (Wildman–Crippen MR) is 111 cm³/mol. The Morgan fingerprint density at radius 1 is 1.17 bits per heavy atom. The van der Waals surface area contributed by atoms with Crippen molar-refractivity contribution >= 4 is 40.9 Å². The average molecular weight is 414 g/mol. The van der Waals surface area contributed by atoms with Gasteiger partial charge in [0.2, 0.25) is 5.91 Å². The number of nitro groups is 1. The Morgan fingerprint density at radius 3 is 2.66 bits per heavy atom. The molecule has 2 aromatic carbocycles. The molecule has 0 aliphatic heterocycles. The first-order valence-corrected chi connectivity index (χ1v) is 8.76. The third-order valence-corrected chi connectivity index (χ3v) is 3.62. The Kier molecular flexibility index (Phi) is 7.80. The Bertz CT molecular complexity index is 961. The summed E-state index contributed by atoms with van der Waals surface area (Å²) in [5, 5.41) is 12.9. The molecule has 0 radical (unpaired) electrons. The third-order valence-electron chi connectivity index (χ3n) is 3.42. The standard InChI is InChI=1S/C19H18N4O5S/c1-13-4-2-7-16(10-13)28-12-18(25)21-22-19(29)20-17(24)9-8-14-5-3-6-15(11-14)23(26)27/h2-11H,12H2,1H3,(H,21,25)(H2,20,22,24,29)/b9-8+. The number of ether oxygens (including phenoxy) is 1. The lowest BCUT2D eigenvalue weighted by molar-refractivity contribution is -0.384. The number of hydrogen-bond donors (Lipinski definition) is 3. The molecule has 0 bridgehead atoms. The number of non-ortho nitro benzene ring substituents is 1. The topological polar surface area (TPSA) is 123 Å². The summed E-state index contributed by atoms with van der Waals surface area (Å²) in [4.78, 5) is 33.8. The molecule has 0 atom stereocenters. The van der Waals surface area contributed by atoms with E-state index in [9.17, 15) is 19.7 Å². The average Bonchev–Trinajstić information content (AvgIpc) is 2.69. The van der Waals surface area contributed by atoms with E-state index in [-0.39, 0.29) is 17.4 Å². The van der Waals surface area contributed by atoms with Crippen molar-refractivity contribution in [2.24, 2.45) is 0 Å². The summed E-state index contributed by atoms with van der Waals surface area (Å²) < 4.78 is 5.33. The summed E-state index contributed by atoms with van der Waals surface area (Å²) in [5.41, 5.74) is 6.08. The van der Waals surface area contributed by atoms with Crippen LogP contribution in [-0.2, 0) is 9.59 Å². The molecule has 0 aromatic heterocycles. The van der Waals surface area contributed by atoms with E-state index in [0.717, 1.165) is 11.6 Å². The largest absolute Gasteiger partial charge is 0.484 e. The maximum Gasteiger partial charge on any atom is 0.276 e. The van der Waals surface area contributed by atoms with E-state index >= 15 is 0 Å². The normalized spacial score (nSPS) is 10.2. The maximum atomic E-state index is 11.8. The minimum absolute atomic E-state index is 0.0830. The number of carbonyl (C=O) groups is 2. The van der Waals surface area contributed by atoms with E-state index in [1.165, 1.54) is 24.3 Å². The zero-order valence-corrected chi connectivity index (χ0v) is 16.2. The molecule has 0 fully saturated rings. The molecule has 0 saturated heterocycles. The molecule has 0 spiro atoms. The maximum absolute atomic E-state index is 11.8. The zero-order chi connectivity index (χ0) is 21.2. The quantitative estimate of drug-likeness (QED) is 0.286. The van der Waals surface area contributed by atoms with Crippen molar-refractivity contribution in [1.82, 2.24) is 16.2 Å². The van der Waals surface area contributed by atoms with Crippen LogP contribution in [0.1, 0.15) is 11.1 Å². The number of nitro benzene ring substituents is 1. The van der Waals surface area contributed by atoms with Crippen LogP contribution >= 0.6 is 12.2 Å². The molecule has 10 heteroatoms. The molecule has 9 nitrogen and oxygen atoms in total. The van der Waals surface area contributed by atoms with Crippen LogP contribution in [0.2, 0.25) is 0 Å². The lowest BCUT2D eigenvalue weighted by atomic mass is 10.2. The fourth-order valence-electron chi connectivity index (χ4n) is 2.12. The van der Waals surface area contributed by atoms with Crippen molar-refractivity contribution in [3.8, 4) is 5.75 Å². The molecule has 0 saturated carbocycles. The number of thiocarbonyl (C=S) groups is 1. The first-order valence-electron chi connectivity index (χ1n) is 8.35. The number of aryl methyl sites for hydroxylation is 1. The van der Waals surface area contributed by atoms with Gasteiger partial charge in [-0.3, -0.25) is 35.9 Å². The molecule has 29 heavy (non-hydrogen) atoms. The highest BCUT2D eigenvalue weighted by atomic mass is 32.1. The SMILES string of the molecule is Cc1cccc(OCC(=O)NNC(=S)NC(=O)/C=C/c2cccc([N+](=O)[O-])c2)c1. The molecule has 2 amide bonds. The number of nitrogens with zero attached hydrogens (tertiary/aromatic N) is 1. The molecule has 0 heterocycles. The van der Waals surface area contributed by atoms with Crippen LogP contribution in [0.4, 0.5) is 5.69 Å². The van der Waals surface area contributed by atoms with Gasteiger partial charge in [0.25, 0.3) is 11.6 Å². The van der Waals surface area contributed by atoms with Crippen LogP contribution in [0.3, 0.4) is 0 Å². The molecule has 0 aliphatic carbocycles. The van der Waals surface area contributed by atoms with Crippen molar-refractivity contribution in [2.45, 2.75) is 6.92 Å². The fourth-order valence-corrected chi connectivity index (χ4v) is 2.27. The molecular weight excluding hydrogens is 396 g/mol. The first kappa shape index (κ1) is 21.5. The molecule has 3 N–H and O–H groups in total. The van der Waals surface area contributed by atoms with Crippen molar-refractivity contribution in [3.05, 3.63) is 75.8 Å². The molecule has 0 unspecified atom stereocenters. The minimum Gasteiger partial charge on any atom is -0.484 e. The summed E-state index contributed by atoms with van der Waals surface area (Å²) in [5.74, 6) is -0.503. The van der Waals surface area contributed by atoms with Gasteiger partial charge in [0.05, 0.1) is 4.92 Å². The van der Waals surface area contributed by atoms with Crippen molar-refractivity contribution in [2.75, 3.05) is 6.61 Å². The lowest BCUT2D eigenvalue weighted by Crippen LogP contribution is -2.49. The molecule has 2 rings (SSSR count). The van der Waals surface area contributed by atoms with E-state index in [1.54, 1.807) is 18.2 Å². The predicted octanol–water partition coefficient (Wildman–Crippen LogP) is 2.02. The number of carbonyl (C=O) groups excluding carboxylic acids is 2. The summed E-state index contributed by atoms with van der Waals surface area (Å²) in [6.07, 6.45) is 2.56. The van der Waals surface area contributed by atoms with Gasteiger partial charge in [-0.25, -0.2) is 0 Å². The Balaban J connectivity index is 1.74. The number of nitrogens with one attached hydrogen (secondary N) is 3. The molecule has 2 aromatic rings. The monoisotopic (exact) mass is 414 g/mol. The highest BCUT2D eigenvalue weighted by Gasteiger charge is 2.06. The van der Waals surface area contributed by atoms with Crippen LogP contribution < -0.4 is 20.9 Å². The molecule has 0 aliphatic rings. The van der Waals surface area contributed by atoms with Gasteiger partial charge >= 0.3 is 0 Å². The van der Waals surface area contributed by atoms with Gasteiger partial charge in [-0.15, -0.1) is 0 Å². The van der Waals surface area contributed by atoms with Crippen molar-refractivity contribution < 1.29 is 19.2 Å². The van der Waals surface area contributed by atoms with E-state index < -0.39 is 16.7 Å². The van der Waals surface area contributed by atoms with Gasteiger partial charge in [-0.1, -0.05) is 24.3 Å². The second-order valence-corrected chi connectivity index (χ2v) is 6.19. The van der Waals surface area contributed by atoms with E-state index in [2.05, 4.69) is 16.2 Å². The van der Waals surface area contributed by atoms with Gasteiger partial charge in [-0.05, 0) is 48.5 Å². The van der Waals surface area contributed by atoms with Crippen LogP contribution in [0.5, 0.6) is 5.75 Å². The van der Waals surface area contributed by atoms with Crippen LogP contribution in [0.25, 0.3) is 6.08 Å². The van der Waals surface area contributed by atoms with Crippen LogP contribution in [-0.4, -0.2) is 28.5 Å². The van der Waals surface area contributed by atoms with Gasteiger partial charge in [0.1, 0.15) is 5.75 Å². The van der Waals surface area contributed by atoms with Crippen molar-refractivity contribution in [1.29, 1.82) is 0 Å². The number of hydrogen-bond acceptors (Lipinski definition) is 6. The second kappa shape index (κ2) is 10.5. The number of benzene rings is 2. The summed E-state index contributed by atoms with van der Waals surface area (Å²) in [7, 11) is 0. The Hall–Kier alpha value is -3.79. The van der Waals surface area contributed by atoms with E-state index in [0.29, 0.717) is 11.3 Å². The summed E-state index contributed by atoms with van der Waals surface area (Å²) in [6.45, 7) is 1.67. The highest BCUT2D eigenvalue weighted by Crippen LogP contribution is 2.14. The number of rotatable bonds is 6. The smallest absolute Gasteiger partial charge is 0.276 e. The molecule has 150 valence electrons. The van der Waals surface area contributed by atoms with Gasteiger partial charge in [0.15, 0.2) is 11.7 Å². The Labute approximate surface area is 171 Å². The zero-order valence-electron chi connectivity index (χ0n) is 15.4. The number of amides is 2. The molecular formula is C19H18N4O5S. The van der Waals surface area contributed by atoms with Crippen LogP contribution in [0, 0.1) is 17.0 Å². The third kappa shape index (κ3) is 7.77. The second-order valence-electron chi connectivity index (χ2n) is 5.78. The van der Waals surface area contributed by atoms with Gasteiger partial charge in [-0.2, -0.15) is 0 Å².